The highest BCUT2D eigenvalue weighted by Crippen LogP contribution is 2.30. The molecule has 4 rings (SSSR count). The molecule has 28 heavy (non-hydrogen) atoms. The number of hydrogen-bond acceptors (Lipinski definition) is 3. The van der Waals surface area contributed by atoms with Crippen molar-refractivity contribution in [3.8, 4) is 0 Å². The van der Waals surface area contributed by atoms with Crippen LogP contribution in [0.2, 0.25) is 10.0 Å². The molecule has 3 amide bonds. The first-order valence-corrected chi connectivity index (χ1v) is 9.05. The Morgan fingerprint density at radius 2 is 1.50 bits per heavy atom. The van der Waals surface area contributed by atoms with Gasteiger partial charge in [0.25, 0.3) is 17.7 Å². The maximum atomic E-state index is 12.6. The molecule has 0 aliphatic carbocycles. The van der Waals surface area contributed by atoms with Crippen molar-refractivity contribution in [2.45, 2.75) is 0 Å². The number of carbonyl (C=O) groups excluding carboxylic acids is 3. The van der Waals surface area contributed by atoms with Gasteiger partial charge in [0.05, 0.1) is 27.4 Å². The molecule has 0 aromatic heterocycles. The molecule has 7 heteroatoms. The predicted octanol–water partition coefficient (Wildman–Crippen LogP) is 5.05. The van der Waals surface area contributed by atoms with Crippen LogP contribution in [0.5, 0.6) is 0 Å². The Balaban J connectivity index is 1.61. The molecule has 0 spiro atoms. The number of rotatable bonds is 3. The van der Waals surface area contributed by atoms with E-state index in [0.717, 1.165) is 4.90 Å². The zero-order chi connectivity index (χ0) is 19.8. The number of carbonyl (C=O) groups is 3. The van der Waals surface area contributed by atoms with Gasteiger partial charge < -0.3 is 5.32 Å². The Hall–Kier alpha value is -3.15. The summed E-state index contributed by atoms with van der Waals surface area (Å²) in [5, 5.41) is 3.37. The molecule has 0 saturated heterocycles. The van der Waals surface area contributed by atoms with Crippen molar-refractivity contribution in [1.82, 2.24) is 0 Å². The number of anilines is 2. The van der Waals surface area contributed by atoms with Gasteiger partial charge in [-0.25, -0.2) is 4.90 Å². The van der Waals surface area contributed by atoms with Crippen LogP contribution in [0.1, 0.15) is 31.1 Å². The van der Waals surface area contributed by atoms with Gasteiger partial charge in [-0.3, -0.25) is 14.4 Å². The van der Waals surface area contributed by atoms with Crippen molar-refractivity contribution >= 4 is 52.3 Å². The van der Waals surface area contributed by atoms with Crippen LogP contribution in [0, 0.1) is 0 Å². The van der Waals surface area contributed by atoms with Crippen LogP contribution < -0.4 is 10.2 Å². The van der Waals surface area contributed by atoms with Crippen molar-refractivity contribution < 1.29 is 14.4 Å². The van der Waals surface area contributed by atoms with Crippen LogP contribution >= 0.6 is 23.2 Å². The fourth-order valence-electron chi connectivity index (χ4n) is 3.02. The summed E-state index contributed by atoms with van der Waals surface area (Å²) in [5.41, 5.74) is 1.76. The minimum Gasteiger partial charge on any atom is -0.322 e. The highest BCUT2D eigenvalue weighted by Gasteiger charge is 2.36. The molecule has 138 valence electrons. The summed E-state index contributed by atoms with van der Waals surface area (Å²) >= 11 is 11.9. The smallest absolute Gasteiger partial charge is 0.266 e. The molecule has 5 nitrogen and oxygen atoms in total. The van der Waals surface area contributed by atoms with Crippen LogP contribution in [-0.2, 0) is 0 Å². The topological polar surface area (TPSA) is 66.5 Å². The quantitative estimate of drug-likeness (QED) is 0.614. The summed E-state index contributed by atoms with van der Waals surface area (Å²) in [7, 11) is 0. The first-order chi connectivity index (χ1) is 13.5. The van der Waals surface area contributed by atoms with Crippen LogP contribution in [0.3, 0.4) is 0 Å². The van der Waals surface area contributed by atoms with E-state index in [1.807, 2.05) is 0 Å². The second-order valence-electron chi connectivity index (χ2n) is 6.12. The monoisotopic (exact) mass is 410 g/mol. The SMILES string of the molecule is O=C(Nc1cccc(N2C(=O)c3ccccc3C2=O)c1)c1ccc(Cl)cc1Cl. The number of benzene rings is 3. The molecule has 1 aliphatic heterocycles. The van der Waals surface area contributed by atoms with Crippen molar-refractivity contribution in [2.75, 3.05) is 10.2 Å². The van der Waals surface area contributed by atoms with E-state index < -0.39 is 17.7 Å². The molecule has 0 saturated carbocycles. The highest BCUT2D eigenvalue weighted by atomic mass is 35.5. The van der Waals surface area contributed by atoms with Gasteiger partial charge in [0.15, 0.2) is 0 Å². The van der Waals surface area contributed by atoms with E-state index >= 15 is 0 Å². The molecule has 1 N–H and O–H groups in total. The van der Waals surface area contributed by atoms with E-state index in [4.69, 9.17) is 23.2 Å². The Bertz CT molecular complexity index is 1110. The highest BCUT2D eigenvalue weighted by molar-refractivity contribution is 6.37. The summed E-state index contributed by atoms with van der Waals surface area (Å²) < 4.78 is 0. The van der Waals surface area contributed by atoms with Crippen LogP contribution in [-0.4, -0.2) is 17.7 Å². The van der Waals surface area contributed by atoms with E-state index in [0.29, 0.717) is 27.5 Å². The molecule has 3 aromatic rings. The van der Waals surface area contributed by atoms with Crippen molar-refractivity contribution in [3.05, 3.63) is 93.5 Å². The van der Waals surface area contributed by atoms with Crippen molar-refractivity contribution in [1.29, 1.82) is 0 Å². The summed E-state index contributed by atoms with van der Waals surface area (Å²) in [6.07, 6.45) is 0. The number of amides is 3. The van der Waals surface area contributed by atoms with Crippen molar-refractivity contribution in [2.24, 2.45) is 0 Å². The largest absolute Gasteiger partial charge is 0.322 e. The molecule has 0 unspecified atom stereocenters. The van der Waals surface area contributed by atoms with Gasteiger partial charge in [-0.05, 0) is 48.5 Å². The van der Waals surface area contributed by atoms with Crippen LogP contribution in [0.4, 0.5) is 11.4 Å². The van der Waals surface area contributed by atoms with Crippen LogP contribution in [0.15, 0.2) is 66.7 Å². The predicted molar refractivity (Wildman–Crippen MR) is 108 cm³/mol. The zero-order valence-corrected chi connectivity index (χ0v) is 15.8. The number of nitrogens with one attached hydrogen (secondary N) is 1. The van der Waals surface area contributed by atoms with Gasteiger partial charge in [0, 0.05) is 10.7 Å². The van der Waals surface area contributed by atoms with Gasteiger partial charge >= 0.3 is 0 Å². The number of hydrogen-bond donors (Lipinski definition) is 1. The minimum atomic E-state index is -0.429. The van der Waals surface area contributed by atoms with Gasteiger partial charge in [-0.15, -0.1) is 0 Å². The lowest BCUT2D eigenvalue weighted by molar-refractivity contribution is 0.0925. The van der Waals surface area contributed by atoms with Gasteiger partial charge in [-0.2, -0.15) is 0 Å². The normalized spacial score (nSPS) is 12.9. The Morgan fingerprint density at radius 1 is 0.821 bits per heavy atom. The Labute approximate surface area is 170 Å². The number of nitrogens with zero attached hydrogens (tertiary/aromatic N) is 1. The van der Waals surface area contributed by atoms with Gasteiger partial charge in [0.1, 0.15) is 0 Å². The second kappa shape index (κ2) is 7.11. The first kappa shape index (κ1) is 18.2. The minimum absolute atomic E-state index is 0.224. The molecule has 0 bridgehead atoms. The summed E-state index contributed by atoms with van der Waals surface area (Å²) in [6.45, 7) is 0. The summed E-state index contributed by atoms with van der Waals surface area (Å²) in [6, 6.07) is 17.7. The third-order valence-electron chi connectivity index (χ3n) is 4.33. The lowest BCUT2D eigenvalue weighted by Gasteiger charge is -2.15. The van der Waals surface area contributed by atoms with Crippen LogP contribution in [0.25, 0.3) is 0 Å². The van der Waals surface area contributed by atoms with E-state index in [2.05, 4.69) is 5.32 Å². The molecule has 0 fully saturated rings. The molecule has 3 aromatic carbocycles. The molecule has 0 radical (unpaired) electrons. The summed E-state index contributed by atoms with van der Waals surface area (Å²) in [4.78, 5) is 38.8. The van der Waals surface area contributed by atoms with E-state index in [-0.39, 0.29) is 10.6 Å². The zero-order valence-electron chi connectivity index (χ0n) is 14.3. The molecule has 1 aliphatic rings. The number of imide groups is 1. The average Bonchev–Trinajstić information content (AvgIpc) is 2.93. The molecular weight excluding hydrogens is 399 g/mol. The van der Waals surface area contributed by atoms with Gasteiger partial charge in [0.2, 0.25) is 0 Å². The van der Waals surface area contributed by atoms with Crippen molar-refractivity contribution in [3.63, 3.8) is 0 Å². The summed E-state index contributed by atoms with van der Waals surface area (Å²) in [5.74, 6) is -1.23. The Morgan fingerprint density at radius 3 is 2.14 bits per heavy atom. The molecule has 0 atom stereocenters. The standard InChI is InChI=1S/C21H12Cl2N2O3/c22-12-8-9-17(18(23)10-12)19(26)24-13-4-3-5-14(11-13)25-20(27)15-6-1-2-7-16(15)21(25)28/h1-11H,(H,24,26). The second-order valence-corrected chi connectivity index (χ2v) is 6.96. The molecular formula is C21H12Cl2N2O3. The van der Waals surface area contributed by atoms with Gasteiger partial charge in [-0.1, -0.05) is 41.4 Å². The Kier molecular flexibility index (Phi) is 4.63. The third kappa shape index (κ3) is 3.15. The third-order valence-corrected chi connectivity index (χ3v) is 4.88. The first-order valence-electron chi connectivity index (χ1n) is 8.30. The lowest BCUT2D eigenvalue weighted by atomic mass is 10.1. The van der Waals surface area contributed by atoms with E-state index in [1.54, 1.807) is 54.6 Å². The lowest BCUT2D eigenvalue weighted by Crippen LogP contribution is -2.29. The fraction of sp³-hybridized carbons (Fsp3) is 0. The van der Waals surface area contributed by atoms with E-state index in [1.165, 1.54) is 12.1 Å². The maximum Gasteiger partial charge on any atom is 0.266 e. The molecule has 1 heterocycles. The fourth-order valence-corrected chi connectivity index (χ4v) is 3.51. The number of halogens is 2. The van der Waals surface area contributed by atoms with E-state index in [9.17, 15) is 14.4 Å². The maximum absolute atomic E-state index is 12.6. The number of fused-ring (bicyclic) bond motifs is 1. The average molecular weight is 411 g/mol.